The van der Waals surface area contributed by atoms with E-state index in [1.165, 1.54) is 39.0 Å². The third-order valence-corrected chi connectivity index (χ3v) is 10.4. The van der Waals surface area contributed by atoms with Crippen molar-refractivity contribution in [1.29, 1.82) is 0 Å². The van der Waals surface area contributed by atoms with Gasteiger partial charge in [0.25, 0.3) is 0 Å². The average molecular weight is 440 g/mol. The van der Waals surface area contributed by atoms with E-state index in [0.29, 0.717) is 0 Å². The van der Waals surface area contributed by atoms with Gasteiger partial charge in [-0.05, 0) is 39.8 Å². The maximum atomic E-state index is 2.53. The van der Waals surface area contributed by atoms with Crippen molar-refractivity contribution in [2.45, 2.75) is 52.6 Å². The zero-order valence-electron chi connectivity index (χ0n) is 20.1. The van der Waals surface area contributed by atoms with Crippen LogP contribution < -0.4 is 10.4 Å². The molecule has 0 saturated carbocycles. The second-order valence-electron chi connectivity index (χ2n) is 10.9. The van der Waals surface area contributed by atoms with Crippen LogP contribution >= 0.6 is 0 Å². The Hall–Kier alpha value is -2.17. The lowest BCUT2D eigenvalue weighted by Gasteiger charge is -2.25. The van der Waals surface area contributed by atoms with Crippen LogP contribution in [0.3, 0.4) is 0 Å². The molecule has 2 heteroatoms. The molecule has 1 aliphatic carbocycles. The van der Waals surface area contributed by atoms with E-state index in [1.807, 2.05) is 0 Å². The Morgan fingerprint density at radius 3 is 1.84 bits per heavy atom. The molecule has 1 aliphatic rings. The molecule has 0 unspecified atom stereocenters. The highest BCUT2D eigenvalue weighted by Gasteiger charge is 2.26. The highest BCUT2D eigenvalue weighted by Crippen LogP contribution is 2.42. The average Bonchev–Trinajstić information content (AvgIpc) is 3.15. The number of allylic oxidation sites excluding steroid dienone is 1. The summed E-state index contributed by atoms with van der Waals surface area (Å²) >= 11 is 0. The first-order valence-electron chi connectivity index (χ1n) is 11.5. The van der Waals surface area contributed by atoms with Crippen molar-refractivity contribution in [1.82, 2.24) is 0 Å². The molecule has 31 heavy (non-hydrogen) atoms. The van der Waals surface area contributed by atoms with Crippen LogP contribution in [0, 0.1) is 6.42 Å². The minimum Gasteiger partial charge on any atom is -0.0656 e. The highest BCUT2D eigenvalue weighted by molar-refractivity contribution is 6.91. The number of benzene rings is 3. The molecule has 0 N–H and O–H groups in total. The van der Waals surface area contributed by atoms with E-state index >= 15 is 0 Å². The van der Waals surface area contributed by atoms with Crippen LogP contribution in [0.15, 0.2) is 66.2 Å². The summed E-state index contributed by atoms with van der Waals surface area (Å²) in [6.07, 6.45) is 5.87. The summed E-state index contributed by atoms with van der Waals surface area (Å²) in [5.74, 6) is 0. The van der Waals surface area contributed by atoms with Crippen molar-refractivity contribution < 1.29 is 0 Å². The van der Waals surface area contributed by atoms with Crippen LogP contribution in [0.4, 0.5) is 0 Å². The van der Waals surface area contributed by atoms with E-state index in [4.69, 9.17) is 0 Å². The van der Waals surface area contributed by atoms with Gasteiger partial charge in [0.2, 0.25) is 0 Å². The Kier molecular flexibility index (Phi) is 5.74. The fourth-order valence-corrected chi connectivity index (χ4v) is 6.85. The molecule has 0 fully saturated rings. The number of rotatable bonds is 5. The van der Waals surface area contributed by atoms with Gasteiger partial charge in [0.05, 0.1) is 16.1 Å². The Labute approximate surface area is 191 Å². The summed E-state index contributed by atoms with van der Waals surface area (Å²) in [6, 6.07) is 23.1. The predicted octanol–water partition coefficient (Wildman–Crippen LogP) is 7.47. The first-order chi connectivity index (χ1) is 14.6. The van der Waals surface area contributed by atoms with Crippen molar-refractivity contribution in [3.8, 4) is 22.3 Å². The minimum atomic E-state index is -1.45. The van der Waals surface area contributed by atoms with Crippen LogP contribution in [0.5, 0.6) is 0 Å². The topological polar surface area (TPSA) is 0 Å². The van der Waals surface area contributed by atoms with Gasteiger partial charge in [-0.3, -0.25) is 0 Å². The van der Waals surface area contributed by atoms with Gasteiger partial charge in [-0.1, -0.05) is 129 Å². The molecule has 4 rings (SSSR count). The molecule has 159 valence electrons. The number of hydrogen-bond acceptors (Lipinski definition) is 0. The largest absolute Gasteiger partial charge is 0.0776 e. The van der Waals surface area contributed by atoms with Crippen molar-refractivity contribution in [2.24, 2.45) is 0 Å². The van der Waals surface area contributed by atoms with Crippen LogP contribution in [-0.4, -0.2) is 16.1 Å². The van der Waals surface area contributed by atoms with Crippen LogP contribution in [0.25, 0.3) is 28.3 Å². The second-order valence-corrected chi connectivity index (χ2v) is 21.0. The molecule has 0 bridgehead atoms. The molecule has 0 saturated heterocycles. The summed E-state index contributed by atoms with van der Waals surface area (Å²) in [6.45, 7) is 17.1. The third kappa shape index (κ3) is 4.42. The molecule has 0 aromatic heterocycles. The molecule has 0 nitrogen and oxygen atoms in total. The number of fused-ring (bicyclic) bond motifs is 1. The number of hydrogen-bond donors (Lipinski definition) is 0. The smallest absolute Gasteiger partial charge is 0.0656 e. The van der Waals surface area contributed by atoms with Crippen molar-refractivity contribution >= 4 is 32.6 Å². The predicted molar refractivity (Wildman–Crippen MR) is 145 cm³/mol. The van der Waals surface area contributed by atoms with Gasteiger partial charge in [-0.25, -0.2) is 0 Å². The fraction of sp³-hybridized carbons (Fsp3) is 0.276. The third-order valence-electron chi connectivity index (χ3n) is 6.40. The Morgan fingerprint density at radius 1 is 0.677 bits per heavy atom. The lowest BCUT2D eigenvalue weighted by atomic mass is 9.89. The molecule has 0 aliphatic heterocycles. The van der Waals surface area contributed by atoms with E-state index in [0.717, 1.165) is 6.42 Å². The van der Waals surface area contributed by atoms with Crippen LogP contribution in [-0.2, 0) is 0 Å². The highest BCUT2D eigenvalue weighted by atomic mass is 28.3. The quantitative estimate of drug-likeness (QED) is 0.362. The Morgan fingerprint density at radius 2 is 1.29 bits per heavy atom. The molecular weight excluding hydrogens is 404 g/mol. The summed E-state index contributed by atoms with van der Waals surface area (Å²) in [5, 5.41) is 3.14. The first kappa shape index (κ1) is 22.0. The zero-order chi connectivity index (χ0) is 22.4. The Balaban J connectivity index is 2.06. The normalized spacial score (nSPS) is 13.8. The van der Waals surface area contributed by atoms with Crippen LogP contribution in [0.1, 0.15) is 24.5 Å². The maximum absolute atomic E-state index is 2.53. The van der Waals surface area contributed by atoms with E-state index < -0.39 is 16.1 Å². The molecule has 0 amide bonds. The van der Waals surface area contributed by atoms with Gasteiger partial charge in [-0.2, -0.15) is 0 Å². The lowest BCUT2D eigenvalue weighted by molar-refractivity contribution is 1.14. The van der Waals surface area contributed by atoms with Gasteiger partial charge in [0.15, 0.2) is 0 Å². The first-order valence-corrected chi connectivity index (χ1v) is 18.5. The molecule has 3 aromatic rings. The van der Waals surface area contributed by atoms with E-state index in [9.17, 15) is 0 Å². The van der Waals surface area contributed by atoms with Gasteiger partial charge < -0.3 is 0 Å². The standard InChI is InChI=1S/C29H35Si2/c1-8-21-16-23-14-15-27(22-12-10-9-11-13-22)29(28(23)17-21)24-18-25(30(2,3)4)20-26(19-24)31(5,6)7/h9-20H,8H2,1-7H3. The van der Waals surface area contributed by atoms with Gasteiger partial charge in [0, 0.05) is 6.42 Å². The molecule has 0 heterocycles. The van der Waals surface area contributed by atoms with E-state index in [1.54, 1.807) is 10.4 Å². The van der Waals surface area contributed by atoms with Crippen molar-refractivity contribution in [2.75, 3.05) is 0 Å². The van der Waals surface area contributed by atoms with Gasteiger partial charge in [-0.15, -0.1) is 0 Å². The molecular formula is C29H35Si2. The van der Waals surface area contributed by atoms with Crippen molar-refractivity contribution in [3.63, 3.8) is 0 Å². The van der Waals surface area contributed by atoms with Crippen molar-refractivity contribution in [3.05, 3.63) is 83.8 Å². The molecule has 0 atom stereocenters. The van der Waals surface area contributed by atoms with Gasteiger partial charge in [0.1, 0.15) is 0 Å². The van der Waals surface area contributed by atoms with Crippen LogP contribution in [0.2, 0.25) is 39.3 Å². The van der Waals surface area contributed by atoms with E-state index in [-0.39, 0.29) is 0 Å². The summed E-state index contributed by atoms with van der Waals surface area (Å²) in [5.41, 5.74) is 9.63. The lowest BCUT2D eigenvalue weighted by Crippen LogP contribution is -2.45. The monoisotopic (exact) mass is 439 g/mol. The summed E-state index contributed by atoms with van der Waals surface area (Å²) in [4.78, 5) is 0. The molecule has 3 aromatic carbocycles. The van der Waals surface area contributed by atoms with Gasteiger partial charge >= 0.3 is 0 Å². The fourth-order valence-electron chi connectivity index (χ4n) is 4.36. The molecule has 1 radical (unpaired) electrons. The summed E-state index contributed by atoms with van der Waals surface area (Å²) in [7, 11) is -2.90. The second kappa shape index (κ2) is 8.07. The zero-order valence-corrected chi connectivity index (χ0v) is 22.1. The minimum absolute atomic E-state index is 1.07. The van der Waals surface area contributed by atoms with E-state index in [2.05, 4.69) is 119 Å². The summed E-state index contributed by atoms with van der Waals surface area (Å²) < 4.78 is 0. The SMILES string of the molecule is CCC1=Cc2c(ccc(-c3ccccc3)c2-c2cc([Si](C)(C)C)cc([Si](C)(C)C)c2)[CH]1. The maximum Gasteiger partial charge on any atom is 0.0776 e. The molecule has 0 spiro atoms. The Bertz CT molecular complexity index is 1110.